The van der Waals surface area contributed by atoms with Crippen LogP contribution >= 0.6 is 0 Å². The highest BCUT2D eigenvalue weighted by molar-refractivity contribution is 5.62. The quantitative estimate of drug-likeness (QED) is 0.803. The Labute approximate surface area is 88.8 Å². The van der Waals surface area contributed by atoms with E-state index in [-0.39, 0.29) is 0 Å². The monoisotopic (exact) mass is 202 g/mol. The van der Waals surface area contributed by atoms with Gasteiger partial charge in [0.1, 0.15) is 0 Å². The summed E-state index contributed by atoms with van der Waals surface area (Å²) in [6, 6.07) is 9.91. The Kier molecular flexibility index (Phi) is 2.83. The second-order valence-corrected chi connectivity index (χ2v) is 3.49. The van der Waals surface area contributed by atoms with E-state index in [9.17, 15) is 5.11 Å². The molecule has 0 aliphatic heterocycles. The molecule has 1 unspecified atom stereocenters. The van der Waals surface area contributed by atoms with Gasteiger partial charge >= 0.3 is 0 Å². The zero-order chi connectivity index (χ0) is 10.7. The highest BCUT2D eigenvalue weighted by Crippen LogP contribution is 2.27. The van der Waals surface area contributed by atoms with Crippen molar-refractivity contribution in [1.29, 1.82) is 0 Å². The number of aromatic amines is 1. The van der Waals surface area contributed by atoms with E-state index < -0.39 is 6.10 Å². The third-order valence-electron chi connectivity index (χ3n) is 2.48. The van der Waals surface area contributed by atoms with Crippen LogP contribution in [0.4, 0.5) is 0 Å². The van der Waals surface area contributed by atoms with Crippen LogP contribution in [0, 0.1) is 0 Å². The Bertz CT molecular complexity index is 422. The molecule has 0 aliphatic rings. The first-order valence-electron chi connectivity index (χ1n) is 5.09. The van der Waals surface area contributed by atoms with Crippen LogP contribution in [-0.4, -0.2) is 15.3 Å². The highest BCUT2D eigenvalue weighted by atomic mass is 16.3. The van der Waals surface area contributed by atoms with Gasteiger partial charge in [-0.25, -0.2) is 0 Å². The number of rotatable bonds is 3. The molecular weight excluding hydrogens is 188 g/mol. The molecule has 1 heterocycles. The number of aliphatic hydroxyl groups is 1. The van der Waals surface area contributed by atoms with Crippen LogP contribution in [0.25, 0.3) is 11.3 Å². The maximum atomic E-state index is 9.80. The number of nitrogens with one attached hydrogen (secondary N) is 1. The van der Waals surface area contributed by atoms with Crippen molar-refractivity contribution in [2.45, 2.75) is 19.4 Å². The van der Waals surface area contributed by atoms with Crippen molar-refractivity contribution in [2.24, 2.45) is 0 Å². The van der Waals surface area contributed by atoms with Crippen LogP contribution in [0.2, 0.25) is 0 Å². The second kappa shape index (κ2) is 4.28. The van der Waals surface area contributed by atoms with Gasteiger partial charge < -0.3 is 5.11 Å². The maximum absolute atomic E-state index is 9.80. The van der Waals surface area contributed by atoms with Crippen molar-refractivity contribution in [2.75, 3.05) is 0 Å². The van der Waals surface area contributed by atoms with Gasteiger partial charge in [-0.05, 0) is 12.0 Å². The van der Waals surface area contributed by atoms with Gasteiger partial charge in [0, 0.05) is 5.56 Å². The van der Waals surface area contributed by atoms with Crippen molar-refractivity contribution in [3.8, 4) is 11.3 Å². The number of hydrogen-bond donors (Lipinski definition) is 2. The fourth-order valence-electron chi connectivity index (χ4n) is 1.60. The summed E-state index contributed by atoms with van der Waals surface area (Å²) in [5.74, 6) is 0. The lowest BCUT2D eigenvalue weighted by Gasteiger charge is -2.07. The van der Waals surface area contributed by atoms with Gasteiger partial charge in [-0.2, -0.15) is 5.10 Å². The average molecular weight is 202 g/mol. The maximum Gasteiger partial charge on any atom is 0.0824 e. The lowest BCUT2D eigenvalue weighted by Crippen LogP contribution is -1.95. The molecule has 2 aromatic rings. The smallest absolute Gasteiger partial charge is 0.0824 e. The molecule has 2 N–H and O–H groups in total. The van der Waals surface area contributed by atoms with Crippen LogP contribution in [-0.2, 0) is 0 Å². The molecule has 0 radical (unpaired) electrons. The molecule has 1 atom stereocenters. The summed E-state index contributed by atoms with van der Waals surface area (Å²) in [5.41, 5.74) is 2.83. The lowest BCUT2D eigenvalue weighted by atomic mass is 10.0. The van der Waals surface area contributed by atoms with Gasteiger partial charge in [-0.15, -0.1) is 0 Å². The number of aromatic nitrogens is 2. The van der Waals surface area contributed by atoms with E-state index in [4.69, 9.17) is 0 Å². The molecule has 0 fully saturated rings. The minimum Gasteiger partial charge on any atom is -0.388 e. The van der Waals surface area contributed by atoms with E-state index >= 15 is 0 Å². The minimum absolute atomic E-state index is 0.445. The summed E-state index contributed by atoms with van der Waals surface area (Å²) in [6.07, 6.45) is 1.94. The molecule has 15 heavy (non-hydrogen) atoms. The predicted molar refractivity (Wildman–Crippen MR) is 59.3 cm³/mol. The molecule has 0 saturated heterocycles. The van der Waals surface area contributed by atoms with Gasteiger partial charge in [-0.3, -0.25) is 5.10 Å². The number of benzene rings is 1. The standard InChI is InChI=1S/C12H14N2O/c1-2-11(15)10-8-13-14-12(10)9-6-4-3-5-7-9/h3-8,11,15H,2H2,1H3,(H,13,14). The van der Waals surface area contributed by atoms with E-state index in [1.165, 1.54) is 0 Å². The molecular formula is C12H14N2O. The van der Waals surface area contributed by atoms with E-state index in [1.807, 2.05) is 37.3 Å². The first-order chi connectivity index (χ1) is 7.33. The Morgan fingerprint density at radius 3 is 2.73 bits per heavy atom. The van der Waals surface area contributed by atoms with Crippen LogP contribution in [0.3, 0.4) is 0 Å². The molecule has 0 spiro atoms. The molecule has 0 bridgehead atoms. The fourth-order valence-corrected chi connectivity index (χ4v) is 1.60. The van der Waals surface area contributed by atoms with Crippen molar-refractivity contribution < 1.29 is 5.11 Å². The van der Waals surface area contributed by atoms with Gasteiger partial charge in [0.15, 0.2) is 0 Å². The molecule has 0 saturated carbocycles. The Balaban J connectivity index is 2.41. The molecule has 2 rings (SSSR count). The van der Waals surface area contributed by atoms with Crippen LogP contribution in [0.5, 0.6) is 0 Å². The topological polar surface area (TPSA) is 48.9 Å². The van der Waals surface area contributed by atoms with Gasteiger partial charge in [0.05, 0.1) is 18.0 Å². The molecule has 0 amide bonds. The summed E-state index contributed by atoms with van der Waals surface area (Å²) in [4.78, 5) is 0. The lowest BCUT2D eigenvalue weighted by molar-refractivity contribution is 0.174. The number of aliphatic hydroxyl groups excluding tert-OH is 1. The average Bonchev–Trinajstić information content (AvgIpc) is 2.78. The van der Waals surface area contributed by atoms with E-state index in [0.717, 1.165) is 16.8 Å². The first kappa shape index (κ1) is 9.93. The molecule has 1 aromatic carbocycles. The van der Waals surface area contributed by atoms with E-state index in [2.05, 4.69) is 10.2 Å². The first-order valence-corrected chi connectivity index (χ1v) is 5.09. The summed E-state index contributed by atoms with van der Waals surface area (Å²) in [5, 5.41) is 16.7. The van der Waals surface area contributed by atoms with Crippen molar-refractivity contribution >= 4 is 0 Å². The van der Waals surface area contributed by atoms with Crippen LogP contribution in [0.15, 0.2) is 36.5 Å². The zero-order valence-electron chi connectivity index (χ0n) is 8.64. The second-order valence-electron chi connectivity index (χ2n) is 3.49. The highest BCUT2D eigenvalue weighted by Gasteiger charge is 2.13. The Morgan fingerprint density at radius 2 is 2.07 bits per heavy atom. The van der Waals surface area contributed by atoms with Crippen molar-refractivity contribution in [1.82, 2.24) is 10.2 Å². The number of hydrogen-bond acceptors (Lipinski definition) is 2. The Hall–Kier alpha value is -1.61. The van der Waals surface area contributed by atoms with E-state index in [1.54, 1.807) is 6.20 Å². The Morgan fingerprint density at radius 1 is 1.33 bits per heavy atom. The van der Waals surface area contributed by atoms with Crippen molar-refractivity contribution in [3.63, 3.8) is 0 Å². The summed E-state index contributed by atoms with van der Waals surface area (Å²) >= 11 is 0. The van der Waals surface area contributed by atoms with E-state index in [0.29, 0.717) is 6.42 Å². The largest absolute Gasteiger partial charge is 0.388 e. The predicted octanol–water partition coefficient (Wildman–Crippen LogP) is 2.52. The van der Waals surface area contributed by atoms with Gasteiger partial charge in [-0.1, -0.05) is 37.3 Å². The normalized spacial score (nSPS) is 12.7. The molecule has 78 valence electrons. The zero-order valence-corrected chi connectivity index (χ0v) is 8.64. The number of H-pyrrole nitrogens is 1. The molecule has 3 heteroatoms. The van der Waals surface area contributed by atoms with Crippen LogP contribution < -0.4 is 0 Å². The summed E-state index contributed by atoms with van der Waals surface area (Å²) < 4.78 is 0. The van der Waals surface area contributed by atoms with Crippen LogP contribution in [0.1, 0.15) is 25.0 Å². The van der Waals surface area contributed by atoms with Crippen molar-refractivity contribution in [3.05, 3.63) is 42.1 Å². The summed E-state index contributed by atoms with van der Waals surface area (Å²) in [6.45, 7) is 1.95. The third-order valence-corrected chi connectivity index (χ3v) is 2.48. The number of nitrogens with zero attached hydrogens (tertiary/aromatic N) is 1. The molecule has 1 aromatic heterocycles. The summed E-state index contributed by atoms with van der Waals surface area (Å²) in [7, 11) is 0. The SMILES string of the molecule is CCC(O)c1cn[nH]c1-c1ccccc1. The third kappa shape index (κ3) is 1.92. The fraction of sp³-hybridized carbons (Fsp3) is 0.250. The minimum atomic E-state index is -0.445. The molecule has 3 nitrogen and oxygen atoms in total. The molecule has 0 aliphatic carbocycles. The van der Waals surface area contributed by atoms with Gasteiger partial charge in [0.2, 0.25) is 0 Å². The van der Waals surface area contributed by atoms with Gasteiger partial charge in [0.25, 0.3) is 0 Å².